The van der Waals surface area contributed by atoms with E-state index in [1.54, 1.807) is 18.2 Å². The van der Waals surface area contributed by atoms with Gasteiger partial charge in [-0.1, -0.05) is 43.5 Å². The number of anilines is 2. The van der Waals surface area contributed by atoms with Crippen molar-refractivity contribution in [3.63, 3.8) is 0 Å². The number of carbonyl (C=O) groups is 2. The normalized spacial score (nSPS) is 15.7. The first-order valence-electron chi connectivity index (χ1n) is 8.79. The van der Waals surface area contributed by atoms with E-state index in [0.717, 1.165) is 19.3 Å². The molecule has 0 radical (unpaired) electrons. The van der Waals surface area contributed by atoms with E-state index in [-0.39, 0.29) is 5.91 Å². The minimum Gasteiger partial charge on any atom is -0.324 e. The van der Waals surface area contributed by atoms with Crippen LogP contribution in [0, 0.1) is 5.82 Å². The largest absolute Gasteiger partial charge is 0.324 e. The molecule has 26 heavy (non-hydrogen) atoms. The summed E-state index contributed by atoms with van der Waals surface area (Å²) < 4.78 is 13.4. The molecule has 0 atom stereocenters. The molecule has 0 spiro atoms. The summed E-state index contributed by atoms with van der Waals surface area (Å²) in [6.45, 7) is 0. The van der Waals surface area contributed by atoms with Gasteiger partial charge in [-0.3, -0.25) is 4.79 Å². The van der Waals surface area contributed by atoms with E-state index < -0.39 is 17.4 Å². The maximum absolute atomic E-state index is 13.4. The van der Waals surface area contributed by atoms with Gasteiger partial charge in [0.2, 0.25) is 5.91 Å². The number of halogens is 1. The van der Waals surface area contributed by atoms with Crippen molar-refractivity contribution in [3.05, 3.63) is 60.4 Å². The Kier molecular flexibility index (Phi) is 5.51. The molecule has 0 bridgehead atoms. The number of carbonyl (C=O) groups excluding carboxylic acids is 2. The second kappa shape index (κ2) is 7.99. The lowest BCUT2D eigenvalue weighted by molar-refractivity contribution is -0.123. The predicted octanol–water partition coefficient (Wildman–Crippen LogP) is 4.29. The van der Waals surface area contributed by atoms with Crippen molar-refractivity contribution in [1.82, 2.24) is 5.32 Å². The van der Waals surface area contributed by atoms with E-state index in [1.165, 1.54) is 18.2 Å². The molecule has 1 fully saturated rings. The van der Waals surface area contributed by atoms with Crippen LogP contribution in [0.5, 0.6) is 0 Å². The molecule has 0 aliphatic heterocycles. The number of hydrogen-bond donors (Lipinski definition) is 3. The molecule has 1 aliphatic rings. The highest BCUT2D eigenvalue weighted by molar-refractivity contribution is 6.02. The van der Waals surface area contributed by atoms with Crippen molar-refractivity contribution in [2.24, 2.45) is 0 Å². The molecule has 5 nitrogen and oxygen atoms in total. The lowest BCUT2D eigenvalue weighted by atomic mass is 9.81. The molecule has 0 saturated heterocycles. The molecule has 3 N–H and O–H groups in total. The summed E-state index contributed by atoms with van der Waals surface area (Å²) in [7, 11) is 0. The summed E-state index contributed by atoms with van der Waals surface area (Å²) in [5.41, 5.74) is 0.0374. The average Bonchev–Trinajstić information content (AvgIpc) is 2.63. The van der Waals surface area contributed by atoms with Crippen LogP contribution in [0.25, 0.3) is 0 Å². The predicted molar refractivity (Wildman–Crippen MR) is 99.4 cm³/mol. The molecule has 3 amide bonds. The lowest BCUT2D eigenvalue weighted by Gasteiger charge is -2.36. The number of benzene rings is 2. The fraction of sp³-hybridized carbons (Fsp3) is 0.300. The van der Waals surface area contributed by atoms with Crippen molar-refractivity contribution >= 4 is 23.3 Å². The highest BCUT2D eigenvalue weighted by atomic mass is 19.1. The van der Waals surface area contributed by atoms with Crippen LogP contribution in [0.2, 0.25) is 0 Å². The van der Waals surface area contributed by atoms with Crippen LogP contribution < -0.4 is 16.0 Å². The second-order valence-corrected chi connectivity index (χ2v) is 6.55. The molecule has 2 aromatic carbocycles. The first-order valence-corrected chi connectivity index (χ1v) is 8.79. The fourth-order valence-corrected chi connectivity index (χ4v) is 3.28. The van der Waals surface area contributed by atoms with Crippen molar-refractivity contribution in [3.8, 4) is 0 Å². The number of hydrogen-bond acceptors (Lipinski definition) is 2. The van der Waals surface area contributed by atoms with E-state index >= 15 is 0 Å². The molecule has 0 aromatic heterocycles. The third-order valence-electron chi connectivity index (χ3n) is 4.61. The zero-order chi connectivity index (χ0) is 18.4. The number of para-hydroxylation sites is 1. The van der Waals surface area contributed by atoms with Crippen LogP contribution >= 0.6 is 0 Å². The maximum Gasteiger partial charge on any atom is 0.320 e. The van der Waals surface area contributed by atoms with Crippen molar-refractivity contribution < 1.29 is 14.0 Å². The Morgan fingerprint density at radius 1 is 0.846 bits per heavy atom. The zero-order valence-electron chi connectivity index (χ0n) is 14.4. The van der Waals surface area contributed by atoms with Gasteiger partial charge in [0.25, 0.3) is 0 Å². The van der Waals surface area contributed by atoms with Gasteiger partial charge in [-0.2, -0.15) is 0 Å². The van der Waals surface area contributed by atoms with Crippen LogP contribution in [0.4, 0.5) is 20.6 Å². The number of urea groups is 1. The maximum atomic E-state index is 13.4. The topological polar surface area (TPSA) is 70.2 Å². The summed E-state index contributed by atoms with van der Waals surface area (Å²) in [6.07, 6.45) is 3.83. The smallest absolute Gasteiger partial charge is 0.320 e. The minimum absolute atomic E-state index is 0.314. The summed E-state index contributed by atoms with van der Waals surface area (Å²) in [4.78, 5) is 25.3. The summed E-state index contributed by atoms with van der Waals surface area (Å²) in [5.74, 6) is -0.735. The summed E-state index contributed by atoms with van der Waals surface area (Å²) in [6, 6.07) is 14.4. The fourth-order valence-electron chi connectivity index (χ4n) is 3.28. The molecule has 2 aromatic rings. The monoisotopic (exact) mass is 355 g/mol. The minimum atomic E-state index is -0.997. The van der Waals surface area contributed by atoms with Crippen LogP contribution in [-0.2, 0) is 4.79 Å². The Balaban J connectivity index is 1.73. The molecule has 136 valence electrons. The summed E-state index contributed by atoms with van der Waals surface area (Å²) in [5, 5.41) is 8.35. The van der Waals surface area contributed by atoms with Gasteiger partial charge in [0.1, 0.15) is 11.4 Å². The van der Waals surface area contributed by atoms with Gasteiger partial charge < -0.3 is 16.0 Å². The number of amides is 3. The molecule has 1 saturated carbocycles. The van der Waals surface area contributed by atoms with E-state index in [0.29, 0.717) is 24.2 Å². The van der Waals surface area contributed by atoms with Gasteiger partial charge in [0.15, 0.2) is 0 Å². The van der Waals surface area contributed by atoms with Crippen molar-refractivity contribution in [1.29, 1.82) is 0 Å². The van der Waals surface area contributed by atoms with Crippen LogP contribution in [0.1, 0.15) is 32.1 Å². The number of rotatable bonds is 4. The second-order valence-electron chi connectivity index (χ2n) is 6.55. The van der Waals surface area contributed by atoms with Gasteiger partial charge in [-0.05, 0) is 43.2 Å². The molecule has 0 heterocycles. The molecular formula is C20H22FN3O2. The average molecular weight is 355 g/mol. The van der Waals surface area contributed by atoms with Crippen molar-refractivity contribution in [2.45, 2.75) is 37.6 Å². The molecule has 0 unspecified atom stereocenters. The molecule has 6 heteroatoms. The Morgan fingerprint density at radius 3 is 2.23 bits per heavy atom. The van der Waals surface area contributed by atoms with Gasteiger partial charge >= 0.3 is 6.03 Å². The van der Waals surface area contributed by atoms with Gasteiger partial charge in [0.05, 0.1) is 0 Å². The third-order valence-corrected chi connectivity index (χ3v) is 4.61. The standard InChI is InChI=1S/C20H22FN3O2/c21-15-8-7-11-17(14-15)22-18(25)20(12-5-2-6-13-20)24-19(26)23-16-9-3-1-4-10-16/h1,3-4,7-11,14H,2,5-6,12-13H2,(H,22,25)(H2,23,24,26). The quantitative estimate of drug-likeness (QED) is 0.766. The molecule has 3 rings (SSSR count). The Morgan fingerprint density at radius 2 is 1.54 bits per heavy atom. The van der Waals surface area contributed by atoms with E-state index in [2.05, 4.69) is 16.0 Å². The van der Waals surface area contributed by atoms with E-state index in [1.807, 2.05) is 18.2 Å². The highest BCUT2D eigenvalue weighted by Crippen LogP contribution is 2.30. The zero-order valence-corrected chi connectivity index (χ0v) is 14.4. The highest BCUT2D eigenvalue weighted by Gasteiger charge is 2.41. The third kappa shape index (κ3) is 4.39. The van der Waals surface area contributed by atoms with E-state index in [9.17, 15) is 14.0 Å². The first kappa shape index (κ1) is 17.9. The van der Waals surface area contributed by atoms with Gasteiger partial charge in [-0.25, -0.2) is 9.18 Å². The Hall–Kier alpha value is -2.89. The van der Waals surface area contributed by atoms with Crippen LogP contribution in [-0.4, -0.2) is 17.5 Å². The van der Waals surface area contributed by atoms with Gasteiger partial charge in [-0.15, -0.1) is 0 Å². The Labute approximate surface area is 152 Å². The van der Waals surface area contributed by atoms with Crippen LogP contribution in [0.3, 0.4) is 0 Å². The Bertz CT molecular complexity index is 774. The first-order chi connectivity index (χ1) is 12.6. The van der Waals surface area contributed by atoms with Gasteiger partial charge in [0, 0.05) is 11.4 Å². The SMILES string of the molecule is O=C(Nc1ccccc1)NC1(C(=O)Nc2cccc(F)c2)CCCCC1. The summed E-state index contributed by atoms with van der Waals surface area (Å²) >= 11 is 0. The van der Waals surface area contributed by atoms with E-state index in [4.69, 9.17) is 0 Å². The molecule has 1 aliphatic carbocycles. The van der Waals surface area contributed by atoms with Crippen LogP contribution in [0.15, 0.2) is 54.6 Å². The number of nitrogens with one attached hydrogen (secondary N) is 3. The van der Waals surface area contributed by atoms with Crippen molar-refractivity contribution in [2.75, 3.05) is 10.6 Å². The molecular weight excluding hydrogens is 333 g/mol. The lowest BCUT2D eigenvalue weighted by Crippen LogP contribution is -2.58.